The third kappa shape index (κ3) is 5.35. The lowest BCUT2D eigenvalue weighted by atomic mass is 9.99. The molecular weight excluding hydrogens is 240 g/mol. The molecule has 1 rings (SSSR count). The lowest BCUT2D eigenvalue weighted by Crippen LogP contribution is -2.20. The first-order valence-corrected chi connectivity index (χ1v) is 7.04. The number of hydrogen-bond acceptors (Lipinski definition) is 1. The second-order valence-corrected chi connectivity index (χ2v) is 5.67. The maximum absolute atomic E-state index is 9.81. The van der Waals surface area contributed by atoms with Crippen molar-refractivity contribution in [3.63, 3.8) is 0 Å². The fraction of sp³-hybridized carbons (Fsp3) is 1.00. The van der Waals surface area contributed by atoms with Crippen LogP contribution in [0.1, 0.15) is 64.2 Å². The van der Waals surface area contributed by atoms with E-state index in [1.165, 1.54) is 51.4 Å². The Bertz CT molecular complexity index is 122. The molecule has 0 aromatic carbocycles. The van der Waals surface area contributed by atoms with Gasteiger partial charge in [0.05, 0.1) is 6.10 Å². The summed E-state index contributed by atoms with van der Waals surface area (Å²) in [7, 11) is 0. The largest absolute Gasteiger partial charge is 0.392 e. The molecule has 0 radical (unpaired) electrons. The highest BCUT2D eigenvalue weighted by Gasteiger charge is 2.15. The van der Waals surface area contributed by atoms with E-state index in [9.17, 15) is 5.11 Å². The Kier molecular flexibility index (Phi) is 6.88. The highest BCUT2D eigenvalue weighted by atomic mass is 79.9. The van der Waals surface area contributed by atoms with Gasteiger partial charge in [0, 0.05) is 4.83 Å². The summed E-state index contributed by atoms with van der Waals surface area (Å²) in [4.78, 5) is 0.335. The molecule has 1 aliphatic carbocycles. The average Bonchev–Trinajstić information content (AvgIpc) is 2.18. The molecule has 0 aliphatic heterocycles. The van der Waals surface area contributed by atoms with E-state index >= 15 is 0 Å². The molecule has 1 fully saturated rings. The minimum atomic E-state index is -0.116. The normalized spacial score (nSPS) is 33.0. The van der Waals surface area contributed by atoms with Gasteiger partial charge in [-0.3, -0.25) is 0 Å². The van der Waals surface area contributed by atoms with Crippen molar-refractivity contribution in [2.45, 2.75) is 75.1 Å². The first kappa shape index (κ1) is 12.5. The molecular formula is C12H23BrO. The molecule has 1 nitrogen and oxygen atoms in total. The third-order valence-corrected chi connectivity index (χ3v) is 4.22. The summed E-state index contributed by atoms with van der Waals surface area (Å²) >= 11 is 3.59. The zero-order valence-electron chi connectivity index (χ0n) is 9.05. The van der Waals surface area contributed by atoms with Crippen molar-refractivity contribution in [2.75, 3.05) is 0 Å². The monoisotopic (exact) mass is 262 g/mol. The fourth-order valence-electron chi connectivity index (χ4n) is 2.13. The molecule has 1 N–H and O–H groups in total. The van der Waals surface area contributed by atoms with E-state index in [-0.39, 0.29) is 6.10 Å². The summed E-state index contributed by atoms with van der Waals surface area (Å²) in [5, 5.41) is 9.81. The van der Waals surface area contributed by atoms with Crippen LogP contribution in [0.4, 0.5) is 0 Å². The predicted molar refractivity (Wildman–Crippen MR) is 64.9 cm³/mol. The standard InChI is InChI=1S/C12H23BrO/c13-11-9-7-5-3-1-2-4-6-8-10-12(11)14/h11-12,14H,1-10H2/t11-,12+/m0/s1. The minimum absolute atomic E-state index is 0.116. The molecule has 0 spiro atoms. The van der Waals surface area contributed by atoms with Crippen LogP contribution in [0.25, 0.3) is 0 Å². The summed E-state index contributed by atoms with van der Waals surface area (Å²) in [6.45, 7) is 0. The number of aliphatic hydroxyl groups is 1. The molecule has 2 heteroatoms. The maximum Gasteiger partial charge on any atom is 0.0665 e. The van der Waals surface area contributed by atoms with Gasteiger partial charge >= 0.3 is 0 Å². The van der Waals surface area contributed by atoms with Crippen LogP contribution in [0.2, 0.25) is 0 Å². The van der Waals surface area contributed by atoms with Crippen LogP contribution < -0.4 is 0 Å². The highest BCUT2D eigenvalue weighted by molar-refractivity contribution is 9.09. The lowest BCUT2D eigenvalue weighted by molar-refractivity contribution is 0.154. The number of alkyl halides is 1. The van der Waals surface area contributed by atoms with Gasteiger partial charge in [-0.05, 0) is 12.8 Å². The fourth-order valence-corrected chi connectivity index (χ4v) is 2.71. The number of halogens is 1. The summed E-state index contributed by atoms with van der Waals surface area (Å²) in [6, 6.07) is 0. The van der Waals surface area contributed by atoms with Gasteiger partial charge in [0.2, 0.25) is 0 Å². The van der Waals surface area contributed by atoms with Crippen molar-refractivity contribution in [3.8, 4) is 0 Å². The molecule has 1 aliphatic rings. The van der Waals surface area contributed by atoms with Crippen LogP contribution in [0.15, 0.2) is 0 Å². The van der Waals surface area contributed by atoms with Crippen LogP contribution in [0.3, 0.4) is 0 Å². The van der Waals surface area contributed by atoms with Crippen LogP contribution in [0.5, 0.6) is 0 Å². The van der Waals surface area contributed by atoms with E-state index in [1.807, 2.05) is 0 Å². The molecule has 0 aromatic heterocycles. The molecule has 0 amide bonds. The smallest absolute Gasteiger partial charge is 0.0665 e. The summed E-state index contributed by atoms with van der Waals surface area (Å²) in [5.74, 6) is 0. The minimum Gasteiger partial charge on any atom is -0.392 e. The van der Waals surface area contributed by atoms with Crippen molar-refractivity contribution in [1.29, 1.82) is 0 Å². The summed E-state index contributed by atoms with van der Waals surface area (Å²) in [6.07, 6.45) is 12.7. The van der Waals surface area contributed by atoms with E-state index in [0.29, 0.717) is 4.83 Å². The van der Waals surface area contributed by atoms with Crippen molar-refractivity contribution in [1.82, 2.24) is 0 Å². The molecule has 14 heavy (non-hydrogen) atoms. The van der Waals surface area contributed by atoms with Crippen molar-refractivity contribution >= 4 is 15.9 Å². The van der Waals surface area contributed by atoms with Gasteiger partial charge in [-0.25, -0.2) is 0 Å². The van der Waals surface area contributed by atoms with E-state index in [1.54, 1.807) is 0 Å². The van der Waals surface area contributed by atoms with Gasteiger partial charge in [0.15, 0.2) is 0 Å². The maximum atomic E-state index is 9.81. The summed E-state index contributed by atoms with van der Waals surface area (Å²) < 4.78 is 0. The molecule has 0 aromatic rings. The first-order valence-electron chi connectivity index (χ1n) is 6.13. The Morgan fingerprint density at radius 3 is 1.71 bits per heavy atom. The Morgan fingerprint density at radius 1 is 0.714 bits per heavy atom. The zero-order valence-corrected chi connectivity index (χ0v) is 10.6. The second kappa shape index (κ2) is 7.70. The molecule has 0 unspecified atom stereocenters. The molecule has 0 bridgehead atoms. The average molecular weight is 263 g/mol. The van der Waals surface area contributed by atoms with E-state index in [0.717, 1.165) is 12.8 Å². The number of rotatable bonds is 0. The molecule has 0 saturated heterocycles. The Labute approximate surface area is 96.4 Å². The highest BCUT2D eigenvalue weighted by Crippen LogP contribution is 2.21. The van der Waals surface area contributed by atoms with Crippen molar-refractivity contribution in [3.05, 3.63) is 0 Å². The lowest BCUT2D eigenvalue weighted by Gasteiger charge is -2.17. The molecule has 84 valence electrons. The summed E-state index contributed by atoms with van der Waals surface area (Å²) in [5.41, 5.74) is 0. The van der Waals surface area contributed by atoms with Gasteiger partial charge in [-0.15, -0.1) is 0 Å². The quantitative estimate of drug-likeness (QED) is 0.654. The van der Waals surface area contributed by atoms with Gasteiger partial charge in [-0.1, -0.05) is 67.3 Å². The van der Waals surface area contributed by atoms with Gasteiger partial charge in [0.1, 0.15) is 0 Å². The van der Waals surface area contributed by atoms with E-state index in [4.69, 9.17) is 0 Å². The third-order valence-electron chi connectivity index (χ3n) is 3.15. The molecule has 0 heterocycles. The first-order chi connectivity index (χ1) is 6.80. The van der Waals surface area contributed by atoms with E-state index in [2.05, 4.69) is 15.9 Å². The predicted octanol–water partition coefficient (Wildman–Crippen LogP) is 4.03. The van der Waals surface area contributed by atoms with E-state index < -0.39 is 0 Å². The van der Waals surface area contributed by atoms with Crippen LogP contribution >= 0.6 is 15.9 Å². The zero-order chi connectivity index (χ0) is 10.2. The van der Waals surface area contributed by atoms with Crippen LogP contribution in [-0.4, -0.2) is 16.0 Å². The molecule has 2 atom stereocenters. The Balaban J connectivity index is 2.23. The van der Waals surface area contributed by atoms with Crippen molar-refractivity contribution in [2.24, 2.45) is 0 Å². The SMILES string of the molecule is O[C@@H]1CCCCCCCCCC[C@@H]1Br. The van der Waals surface area contributed by atoms with Gasteiger partial charge in [0.25, 0.3) is 0 Å². The van der Waals surface area contributed by atoms with Gasteiger partial charge in [-0.2, -0.15) is 0 Å². The Hall–Kier alpha value is 0.440. The molecule has 1 saturated carbocycles. The van der Waals surface area contributed by atoms with Crippen molar-refractivity contribution < 1.29 is 5.11 Å². The van der Waals surface area contributed by atoms with Crippen LogP contribution in [0, 0.1) is 0 Å². The van der Waals surface area contributed by atoms with Gasteiger partial charge < -0.3 is 5.11 Å². The Morgan fingerprint density at radius 2 is 1.14 bits per heavy atom. The van der Waals surface area contributed by atoms with Crippen LogP contribution in [-0.2, 0) is 0 Å². The second-order valence-electron chi connectivity index (χ2n) is 4.49. The number of aliphatic hydroxyl groups excluding tert-OH is 1. The number of hydrogen-bond donors (Lipinski definition) is 1. The topological polar surface area (TPSA) is 20.2 Å².